The molecule has 3 heterocycles. The van der Waals surface area contributed by atoms with Gasteiger partial charge in [0, 0.05) is 27.5 Å². The maximum atomic E-state index is 6.79. The van der Waals surface area contributed by atoms with E-state index >= 15 is 0 Å². The number of benzene rings is 5. The van der Waals surface area contributed by atoms with Crippen molar-refractivity contribution in [3.8, 4) is 34.2 Å². The number of nitrogens with zero attached hydrogens (tertiary/aromatic N) is 3. The van der Waals surface area contributed by atoms with E-state index in [9.17, 15) is 0 Å². The molecule has 190 valence electrons. The highest BCUT2D eigenvalue weighted by atomic mass is 16.3. The van der Waals surface area contributed by atoms with Gasteiger partial charge in [-0.2, -0.15) is 0 Å². The van der Waals surface area contributed by atoms with Crippen molar-refractivity contribution in [2.45, 2.75) is 0 Å². The number of anilines is 2. The summed E-state index contributed by atoms with van der Waals surface area (Å²) in [5.74, 6) is 1.42. The minimum absolute atomic E-state index is 0.449. The summed E-state index contributed by atoms with van der Waals surface area (Å²) in [5.41, 5.74) is 19.9. The zero-order chi connectivity index (χ0) is 26.8. The fourth-order valence-corrected chi connectivity index (χ4v) is 5.41. The van der Waals surface area contributed by atoms with E-state index in [-0.39, 0.29) is 0 Å². The summed E-state index contributed by atoms with van der Waals surface area (Å²) in [6.07, 6.45) is 0. The Morgan fingerprint density at radius 1 is 0.425 bits per heavy atom. The molecule has 0 aliphatic rings. The molecule has 0 bridgehead atoms. The van der Waals surface area contributed by atoms with Crippen molar-refractivity contribution in [1.82, 2.24) is 15.0 Å². The van der Waals surface area contributed by atoms with Crippen LogP contribution in [0.2, 0.25) is 0 Å². The lowest BCUT2D eigenvalue weighted by molar-refractivity contribution is 0.668. The second-order valence-electron chi connectivity index (χ2n) is 9.67. The molecule has 0 aliphatic carbocycles. The molecular weight excluding hydrogens is 498 g/mol. The average molecular weight is 520 g/mol. The first-order chi connectivity index (χ1) is 19.7. The number of nitrogens with two attached hydrogens (primary N) is 2. The van der Waals surface area contributed by atoms with Crippen LogP contribution in [0.1, 0.15) is 0 Å². The van der Waals surface area contributed by atoms with E-state index in [0.717, 1.165) is 38.3 Å². The van der Waals surface area contributed by atoms with Crippen LogP contribution < -0.4 is 11.5 Å². The maximum absolute atomic E-state index is 6.79. The van der Waals surface area contributed by atoms with E-state index in [1.807, 2.05) is 103 Å². The van der Waals surface area contributed by atoms with Crippen LogP contribution in [0.4, 0.5) is 11.4 Å². The molecular formula is C33H21N5O2. The number of hydrogen-bond acceptors (Lipinski definition) is 7. The van der Waals surface area contributed by atoms with Crippen LogP contribution in [0.15, 0.2) is 112 Å². The molecule has 8 rings (SSSR count). The van der Waals surface area contributed by atoms with Gasteiger partial charge in [-0.25, -0.2) is 15.0 Å². The van der Waals surface area contributed by atoms with Gasteiger partial charge in [0.05, 0.1) is 22.1 Å². The number of rotatable bonds is 3. The average Bonchev–Trinajstić information content (AvgIpc) is 3.57. The molecule has 8 aromatic rings. The highest BCUT2D eigenvalue weighted by Gasteiger charge is 2.20. The van der Waals surface area contributed by atoms with Gasteiger partial charge in [0.25, 0.3) is 0 Å². The van der Waals surface area contributed by atoms with Crippen molar-refractivity contribution in [3.05, 3.63) is 103 Å². The molecule has 7 nitrogen and oxygen atoms in total. The Balaban J connectivity index is 1.40. The molecule has 0 radical (unpaired) electrons. The van der Waals surface area contributed by atoms with E-state index < -0.39 is 0 Å². The molecule has 0 spiro atoms. The summed E-state index contributed by atoms with van der Waals surface area (Å²) in [4.78, 5) is 14.7. The Hall–Kier alpha value is -5.69. The standard InChI is InChI=1S/C33H21N5O2/c34-29-21(14-16-25-27(29)19-10-4-6-12-23(19)39-25)32-36-31(18-8-2-1-3-9-18)37-33(38-32)22-15-17-26-28(30(22)35)20-11-5-7-13-24(20)40-26/h1-17H,34-35H2. The summed E-state index contributed by atoms with van der Waals surface area (Å²) in [6.45, 7) is 0. The first-order valence-electron chi connectivity index (χ1n) is 12.9. The van der Waals surface area contributed by atoms with Crippen LogP contribution >= 0.6 is 0 Å². The predicted molar refractivity (Wildman–Crippen MR) is 160 cm³/mol. The largest absolute Gasteiger partial charge is 0.456 e. The van der Waals surface area contributed by atoms with Crippen LogP contribution in [0, 0.1) is 0 Å². The lowest BCUT2D eigenvalue weighted by Gasteiger charge is -2.12. The molecule has 40 heavy (non-hydrogen) atoms. The first-order valence-corrected chi connectivity index (χ1v) is 12.9. The Labute approximate surface area is 227 Å². The van der Waals surface area contributed by atoms with Crippen molar-refractivity contribution in [2.75, 3.05) is 11.5 Å². The van der Waals surface area contributed by atoms with E-state index in [1.54, 1.807) is 0 Å². The summed E-state index contributed by atoms with van der Waals surface area (Å²) in [5, 5.41) is 3.55. The van der Waals surface area contributed by atoms with Crippen molar-refractivity contribution in [2.24, 2.45) is 0 Å². The number of para-hydroxylation sites is 2. The van der Waals surface area contributed by atoms with Gasteiger partial charge in [0.2, 0.25) is 0 Å². The van der Waals surface area contributed by atoms with Gasteiger partial charge in [0.15, 0.2) is 17.5 Å². The fourth-order valence-electron chi connectivity index (χ4n) is 5.41. The quantitative estimate of drug-likeness (QED) is 0.228. The number of hydrogen-bond donors (Lipinski definition) is 2. The van der Waals surface area contributed by atoms with Gasteiger partial charge < -0.3 is 20.3 Å². The molecule has 0 saturated carbocycles. The third-order valence-electron chi connectivity index (χ3n) is 7.32. The van der Waals surface area contributed by atoms with Crippen molar-refractivity contribution < 1.29 is 8.83 Å². The third kappa shape index (κ3) is 3.28. The van der Waals surface area contributed by atoms with E-state index in [4.69, 9.17) is 35.3 Å². The zero-order valence-electron chi connectivity index (χ0n) is 21.1. The second kappa shape index (κ2) is 8.41. The molecule has 0 aliphatic heterocycles. The topological polar surface area (TPSA) is 117 Å². The monoisotopic (exact) mass is 519 g/mol. The van der Waals surface area contributed by atoms with Crippen molar-refractivity contribution in [3.63, 3.8) is 0 Å². The zero-order valence-corrected chi connectivity index (χ0v) is 21.1. The molecule has 3 aromatic heterocycles. The molecule has 4 N–H and O–H groups in total. The minimum atomic E-state index is 0.449. The van der Waals surface area contributed by atoms with Crippen LogP contribution in [0.5, 0.6) is 0 Å². The number of furan rings is 2. The van der Waals surface area contributed by atoms with Gasteiger partial charge in [0.1, 0.15) is 22.3 Å². The smallest absolute Gasteiger partial charge is 0.166 e. The molecule has 0 fully saturated rings. The van der Waals surface area contributed by atoms with E-state index in [0.29, 0.717) is 51.1 Å². The van der Waals surface area contributed by atoms with E-state index in [1.165, 1.54) is 0 Å². The molecule has 0 saturated heterocycles. The first kappa shape index (κ1) is 22.3. The van der Waals surface area contributed by atoms with Gasteiger partial charge in [-0.15, -0.1) is 0 Å². The van der Waals surface area contributed by atoms with Crippen LogP contribution in [0.3, 0.4) is 0 Å². The minimum Gasteiger partial charge on any atom is -0.456 e. The summed E-state index contributed by atoms with van der Waals surface area (Å²) in [6, 6.07) is 33.1. The number of fused-ring (bicyclic) bond motifs is 6. The SMILES string of the molecule is Nc1c(-c2nc(-c3ccccc3)nc(-c3ccc4oc5ccccc5c4c3N)n2)ccc2oc3ccccc3c12. The highest BCUT2D eigenvalue weighted by molar-refractivity contribution is 6.15. The normalized spacial score (nSPS) is 11.7. The Bertz CT molecular complexity index is 2110. The predicted octanol–water partition coefficient (Wildman–Crippen LogP) is 7.84. The van der Waals surface area contributed by atoms with Crippen molar-refractivity contribution in [1.29, 1.82) is 0 Å². The molecule has 0 amide bonds. The number of aromatic nitrogens is 3. The second-order valence-corrected chi connectivity index (χ2v) is 9.67. The lowest BCUT2D eigenvalue weighted by atomic mass is 10.0. The highest BCUT2D eigenvalue weighted by Crippen LogP contribution is 2.40. The maximum Gasteiger partial charge on any atom is 0.166 e. The fraction of sp³-hybridized carbons (Fsp3) is 0. The van der Waals surface area contributed by atoms with E-state index in [2.05, 4.69) is 0 Å². The van der Waals surface area contributed by atoms with Crippen LogP contribution in [0.25, 0.3) is 78.0 Å². The molecule has 0 unspecified atom stereocenters. The van der Waals surface area contributed by atoms with Gasteiger partial charge in [-0.1, -0.05) is 66.7 Å². The molecule has 5 aromatic carbocycles. The summed E-state index contributed by atoms with van der Waals surface area (Å²) >= 11 is 0. The molecule has 7 heteroatoms. The third-order valence-corrected chi connectivity index (χ3v) is 7.32. The van der Waals surface area contributed by atoms with Crippen molar-refractivity contribution >= 4 is 55.3 Å². The lowest BCUT2D eigenvalue weighted by Crippen LogP contribution is -2.03. The molecule has 0 atom stereocenters. The summed E-state index contributed by atoms with van der Waals surface area (Å²) < 4.78 is 12.1. The van der Waals surface area contributed by atoms with Gasteiger partial charge in [-0.3, -0.25) is 0 Å². The Morgan fingerprint density at radius 2 is 0.875 bits per heavy atom. The Kier molecular flexibility index (Phi) is 4.69. The van der Waals surface area contributed by atoms with Gasteiger partial charge >= 0.3 is 0 Å². The van der Waals surface area contributed by atoms with Gasteiger partial charge in [-0.05, 0) is 36.4 Å². The number of nitrogen functional groups attached to an aromatic ring is 2. The Morgan fingerprint density at radius 3 is 1.40 bits per heavy atom. The van der Waals surface area contributed by atoms with Crippen LogP contribution in [-0.4, -0.2) is 15.0 Å². The summed E-state index contributed by atoms with van der Waals surface area (Å²) in [7, 11) is 0. The van der Waals surface area contributed by atoms with Crippen LogP contribution in [-0.2, 0) is 0 Å².